The summed E-state index contributed by atoms with van der Waals surface area (Å²) in [5.41, 5.74) is 0. The molecule has 0 aromatic heterocycles. The van der Waals surface area contributed by atoms with E-state index in [1.54, 1.807) is 0 Å². The van der Waals surface area contributed by atoms with E-state index in [1.165, 1.54) is 25.9 Å². The minimum Gasteiger partial charge on any atom is -0.310 e. The lowest BCUT2D eigenvalue weighted by molar-refractivity contribution is 0.291. The fraction of sp³-hybridized carbons (Fsp3) is 1.00. The van der Waals surface area contributed by atoms with Crippen LogP contribution in [0.5, 0.6) is 0 Å². The average Bonchev–Trinajstić information content (AvgIpc) is 2.03. The fourth-order valence-electron chi connectivity index (χ4n) is 1.72. The maximum absolute atomic E-state index is 3.59. The van der Waals surface area contributed by atoms with Gasteiger partial charge in [-0.15, -0.1) is 0 Å². The third-order valence-corrected chi connectivity index (χ3v) is 3.06. The zero-order chi connectivity index (χ0) is 8.97. The van der Waals surface area contributed by atoms with Gasteiger partial charge in [0.1, 0.15) is 0 Å². The summed E-state index contributed by atoms with van der Waals surface area (Å²) in [7, 11) is 0. The van der Waals surface area contributed by atoms with Gasteiger partial charge >= 0.3 is 0 Å². The van der Waals surface area contributed by atoms with Crippen LogP contribution in [-0.2, 0) is 0 Å². The highest BCUT2D eigenvalue weighted by atomic mass is 32.2. The van der Waals surface area contributed by atoms with Crippen LogP contribution in [0.2, 0.25) is 0 Å². The molecule has 0 aromatic carbocycles. The molecule has 0 bridgehead atoms. The van der Waals surface area contributed by atoms with E-state index in [0.29, 0.717) is 12.1 Å². The van der Waals surface area contributed by atoms with Gasteiger partial charge in [0.05, 0.1) is 0 Å². The van der Waals surface area contributed by atoms with E-state index in [9.17, 15) is 0 Å². The molecule has 1 aliphatic heterocycles. The van der Waals surface area contributed by atoms with E-state index in [4.69, 9.17) is 0 Å². The van der Waals surface area contributed by atoms with Gasteiger partial charge in [-0.05, 0) is 19.1 Å². The van der Waals surface area contributed by atoms with Crippen LogP contribution < -0.4 is 5.32 Å². The van der Waals surface area contributed by atoms with Crippen molar-refractivity contribution in [2.75, 3.05) is 19.3 Å². The predicted molar refractivity (Wildman–Crippen MR) is 56.4 cm³/mol. The Bertz CT molecular complexity index is 128. The summed E-state index contributed by atoms with van der Waals surface area (Å²) in [6, 6.07) is 1.34. The van der Waals surface area contributed by atoms with Crippen LogP contribution in [0.4, 0.5) is 0 Å². The van der Waals surface area contributed by atoms with Crippen LogP contribution in [-0.4, -0.2) is 35.7 Å². The van der Waals surface area contributed by atoms with Crippen LogP contribution in [0.25, 0.3) is 0 Å². The quantitative estimate of drug-likeness (QED) is 0.679. The summed E-state index contributed by atoms with van der Waals surface area (Å²) >= 11 is 1.87. The molecule has 2 nitrogen and oxygen atoms in total. The molecular formula is C9H20N2S. The van der Waals surface area contributed by atoms with Gasteiger partial charge in [0.25, 0.3) is 0 Å². The van der Waals surface area contributed by atoms with Crippen molar-refractivity contribution in [2.45, 2.75) is 38.8 Å². The molecule has 1 saturated heterocycles. The number of hydrogen-bond donors (Lipinski definition) is 1. The summed E-state index contributed by atoms with van der Waals surface area (Å²) in [6.07, 6.45) is 4.85. The third-order valence-electron chi connectivity index (χ3n) is 2.21. The second kappa shape index (κ2) is 5.10. The summed E-state index contributed by atoms with van der Waals surface area (Å²) in [4.78, 5) is 0. The molecule has 1 unspecified atom stereocenters. The first kappa shape index (κ1) is 10.4. The van der Waals surface area contributed by atoms with Crippen LogP contribution in [0.3, 0.4) is 0 Å². The van der Waals surface area contributed by atoms with E-state index in [2.05, 4.69) is 29.7 Å². The molecule has 1 heterocycles. The lowest BCUT2D eigenvalue weighted by Crippen LogP contribution is -2.45. The zero-order valence-corrected chi connectivity index (χ0v) is 9.16. The normalized spacial score (nSPS) is 26.5. The highest BCUT2D eigenvalue weighted by Gasteiger charge is 2.18. The molecule has 0 amide bonds. The summed E-state index contributed by atoms with van der Waals surface area (Å²) in [6.45, 7) is 6.91. The van der Waals surface area contributed by atoms with Gasteiger partial charge in [0.2, 0.25) is 0 Å². The topological polar surface area (TPSA) is 15.3 Å². The molecule has 1 atom stereocenters. The smallest absolute Gasteiger partial charge is 0.0244 e. The molecule has 1 fully saturated rings. The molecule has 0 radical (unpaired) electrons. The van der Waals surface area contributed by atoms with E-state index >= 15 is 0 Å². The summed E-state index contributed by atoms with van der Waals surface area (Å²) < 4.78 is 2.45. The Morgan fingerprint density at radius 2 is 2.25 bits per heavy atom. The van der Waals surface area contributed by atoms with E-state index in [0.717, 1.165) is 0 Å². The second-order valence-corrected chi connectivity index (χ2v) is 4.61. The minimum absolute atomic E-state index is 0.622. The van der Waals surface area contributed by atoms with Gasteiger partial charge in [-0.2, -0.15) is 0 Å². The molecule has 0 spiro atoms. The van der Waals surface area contributed by atoms with Crippen LogP contribution in [0, 0.1) is 0 Å². The number of hydrogen-bond acceptors (Lipinski definition) is 3. The maximum Gasteiger partial charge on any atom is 0.0244 e. The standard InChI is InChI=1S/C9H20N2S/c1-8(2)10-9-5-4-6-11(7-9)12-3/h8-10H,4-7H2,1-3H3. The molecule has 1 aliphatic rings. The van der Waals surface area contributed by atoms with Crippen molar-refractivity contribution in [3.63, 3.8) is 0 Å². The number of nitrogens with one attached hydrogen (secondary N) is 1. The first-order valence-electron chi connectivity index (χ1n) is 4.77. The minimum atomic E-state index is 0.622. The van der Waals surface area contributed by atoms with Gasteiger partial charge < -0.3 is 5.32 Å². The molecule has 0 aliphatic carbocycles. The molecule has 72 valence electrons. The number of piperidine rings is 1. The lowest BCUT2D eigenvalue weighted by atomic mass is 10.1. The Labute approximate surface area is 80.2 Å². The van der Waals surface area contributed by atoms with Crippen molar-refractivity contribution in [1.29, 1.82) is 0 Å². The number of nitrogens with zero attached hydrogens (tertiary/aromatic N) is 1. The highest BCUT2D eigenvalue weighted by Crippen LogP contribution is 2.16. The van der Waals surface area contributed by atoms with Crippen molar-refractivity contribution in [1.82, 2.24) is 9.62 Å². The van der Waals surface area contributed by atoms with Crippen LogP contribution in [0.1, 0.15) is 26.7 Å². The Morgan fingerprint density at radius 1 is 1.50 bits per heavy atom. The molecule has 1 N–H and O–H groups in total. The van der Waals surface area contributed by atoms with Crippen LogP contribution >= 0.6 is 11.9 Å². The summed E-state index contributed by atoms with van der Waals surface area (Å²) in [5, 5.41) is 3.59. The van der Waals surface area contributed by atoms with Crippen molar-refractivity contribution in [2.24, 2.45) is 0 Å². The van der Waals surface area contributed by atoms with Gasteiger partial charge in [0, 0.05) is 25.2 Å². The van der Waals surface area contributed by atoms with Crippen molar-refractivity contribution < 1.29 is 0 Å². The Kier molecular flexibility index (Phi) is 4.40. The van der Waals surface area contributed by atoms with Crippen molar-refractivity contribution in [3.8, 4) is 0 Å². The van der Waals surface area contributed by atoms with E-state index < -0.39 is 0 Å². The zero-order valence-electron chi connectivity index (χ0n) is 8.34. The van der Waals surface area contributed by atoms with E-state index in [1.807, 2.05) is 11.9 Å². The highest BCUT2D eigenvalue weighted by molar-refractivity contribution is 7.96. The lowest BCUT2D eigenvalue weighted by Gasteiger charge is -2.32. The molecule has 1 rings (SSSR count). The molecule has 12 heavy (non-hydrogen) atoms. The average molecular weight is 188 g/mol. The van der Waals surface area contributed by atoms with Gasteiger partial charge in [-0.1, -0.05) is 25.8 Å². The third kappa shape index (κ3) is 3.33. The monoisotopic (exact) mass is 188 g/mol. The maximum atomic E-state index is 3.59. The molecule has 0 aromatic rings. The van der Waals surface area contributed by atoms with Crippen LogP contribution in [0.15, 0.2) is 0 Å². The second-order valence-electron chi connectivity index (χ2n) is 3.73. The molecule has 0 saturated carbocycles. The Hall–Kier alpha value is 0.270. The SMILES string of the molecule is CSN1CCCC(NC(C)C)C1. The van der Waals surface area contributed by atoms with Crippen molar-refractivity contribution in [3.05, 3.63) is 0 Å². The predicted octanol–water partition coefficient (Wildman–Crippen LogP) is 1.73. The molecular weight excluding hydrogens is 168 g/mol. The van der Waals surface area contributed by atoms with Crippen molar-refractivity contribution >= 4 is 11.9 Å². The first-order chi connectivity index (χ1) is 5.72. The van der Waals surface area contributed by atoms with Gasteiger partial charge in [0.15, 0.2) is 0 Å². The fourth-order valence-corrected chi connectivity index (χ4v) is 2.36. The Morgan fingerprint density at radius 3 is 2.83 bits per heavy atom. The molecule has 3 heteroatoms. The first-order valence-corrected chi connectivity index (χ1v) is 5.95. The Balaban J connectivity index is 2.25. The largest absolute Gasteiger partial charge is 0.310 e. The van der Waals surface area contributed by atoms with Gasteiger partial charge in [-0.25, -0.2) is 4.31 Å². The van der Waals surface area contributed by atoms with Gasteiger partial charge in [-0.3, -0.25) is 0 Å². The summed E-state index contributed by atoms with van der Waals surface area (Å²) in [5.74, 6) is 0. The number of rotatable bonds is 3. The van der Waals surface area contributed by atoms with E-state index in [-0.39, 0.29) is 0 Å².